The van der Waals surface area contributed by atoms with Gasteiger partial charge >= 0.3 is 6.09 Å². The Morgan fingerprint density at radius 3 is 2.74 bits per heavy atom. The fraction of sp³-hybridized carbons (Fsp3) is 0.500. The lowest BCUT2D eigenvalue weighted by atomic mass is 10.0. The Bertz CT molecular complexity index is 883. The molecule has 7 nitrogen and oxygen atoms in total. The van der Waals surface area contributed by atoms with Gasteiger partial charge in [-0.25, -0.2) is 4.79 Å². The van der Waals surface area contributed by atoms with E-state index in [9.17, 15) is 9.90 Å². The summed E-state index contributed by atoms with van der Waals surface area (Å²) in [5.74, 6) is 1.33. The Kier molecular flexibility index (Phi) is 4.68. The molecule has 2 aromatic rings. The number of benzene rings is 1. The average Bonchev–Trinajstić information content (AvgIpc) is 3.15. The van der Waals surface area contributed by atoms with E-state index in [0.717, 1.165) is 54.4 Å². The first-order chi connectivity index (χ1) is 13.1. The number of hydrogen-bond acceptors (Lipinski definition) is 5. The minimum atomic E-state index is -0.849. The zero-order chi connectivity index (χ0) is 19.0. The van der Waals surface area contributed by atoms with Gasteiger partial charge in [0.1, 0.15) is 0 Å². The van der Waals surface area contributed by atoms with Crippen molar-refractivity contribution in [2.75, 3.05) is 32.6 Å². The molecule has 7 heteroatoms. The van der Waals surface area contributed by atoms with Crippen LogP contribution in [-0.2, 0) is 12.8 Å². The van der Waals surface area contributed by atoms with Crippen LogP contribution in [0.4, 0.5) is 10.5 Å². The van der Waals surface area contributed by atoms with E-state index in [0.29, 0.717) is 24.6 Å². The molecule has 4 rings (SSSR count). The number of methoxy groups -OCH3 is 2. The molecular weight excluding hydrogens is 346 g/mol. The van der Waals surface area contributed by atoms with Crippen LogP contribution in [-0.4, -0.2) is 54.4 Å². The van der Waals surface area contributed by atoms with Gasteiger partial charge in [0.2, 0.25) is 0 Å². The maximum absolute atomic E-state index is 11.4. The molecule has 1 aromatic carbocycles. The van der Waals surface area contributed by atoms with Gasteiger partial charge in [-0.05, 0) is 43.7 Å². The number of piperidine rings is 1. The van der Waals surface area contributed by atoms with E-state index in [1.807, 2.05) is 12.1 Å². The van der Waals surface area contributed by atoms with Crippen LogP contribution in [0.1, 0.15) is 30.5 Å². The fourth-order valence-electron chi connectivity index (χ4n) is 4.23. The molecule has 1 unspecified atom stereocenters. The number of pyridine rings is 1. The zero-order valence-electron chi connectivity index (χ0n) is 15.7. The van der Waals surface area contributed by atoms with Gasteiger partial charge in [0.25, 0.3) is 0 Å². The van der Waals surface area contributed by atoms with Crippen molar-refractivity contribution >= 4 is 22.7 Å². The van der Waals surface area contributed by atoms with E-state index < -0.39 is 6.09 Å². The minimum absolute atomic E-state index is 0.0956. The molecule has 2 heterocycles. The van der Waals surface area contributed by atoms with Gasteiger partial charge in [-0.1, -0.05) is 0 Å². The Hall–Kier alpha value is -2.70. The van der Waals surface area contributed by atoms with Crippen LogP contribution in [0.5, 0.6) is 11.5 Å². The molecule has 0 radical (unpaired) electrons. The van der Waals surface area contributed by atoms with Gasteiger partial charge in [0.05, 0.1) is 19.7 Å². The van der Waals surface area contributed by atoms with E-state index in [1.54, 1.807) is 14.2 Å². The number of nitrogens with one attached hydrogen (secondary N) is 1. The monoisotopic (exact) mass is 371 g/mol. The van der Waals surface area contributed by atoms with Crippen molar-refractivity contribution in [3.63, 3.8) is 0 Å². The molecule has 1 fully saturated rings. The molecule has 2 N–H and O–H groups in total. The highest BCUT2D eigenvalue weighted by atomic mass is 16.5. The summed E-state index contributed by atoms with van der Waals surface area (Å²) in [5, 5.41) is 14.0. The molecular formula is C20H25N3O4. The molecule has 2 aliphatic rings. The van der Waals surface area contributed by atoms with E-state index >= 15 is 0 Å². The van der Waals surface area contributed by atoms with Crippen molar-refractivity contribution in [2.45, 2.75) is 38.1 Å². The van der Waals surface area contributed by atoms with Crippen LogP contribution < -0.4 is 14.8 Å². The fourth-order valence-corrected chi connectivity index (χ4v) is 4.23. The third-order valence-electron chi connectivity index (χ3n) is 5.56. The van der Waals surface area contributed by atoms with Crippen molar-refractivity contribution < 1.29 is 19.4 Å². The molecule has 1 saturated heterocycles. The van der Waals surface area contributed by atoms with Gasteiger partial charge in [-0.3, -0.25) is 4.98 Å². The van der Waals surface area contributed by atoms with E-state index in [-0.39, 0.29) is 6.04 Å². The predicted molar refractivity (Wildman–Crippen MR) is 103 cm³/mol. The van der Waals surface area contributed by atoms with E-state index in [1.165, 1.54) is 10.5 Å². The summed E-state index contributed by atoms with van der Waals surface area (Å²) in [6.45, 7) is 1.11. The maximum Gasteiger partial charge on any atom is 0.407 e. The summed E-state index contributed by atoms with van der Waals surface area (Å²) < 4.78 is 10.9. The Morgan fingerprint density at radius 1 is 1.22 bits per heavy atom. The number of nitrogens with zero attached hydrogens (tertiary/aromatic N) is 2. The summed E-state index contributed by atoms with van der Waals surface area (Å²) >= 11 is 0. The van der Waals surface area contributed by atoms with E-state index in [4.69, 9.17) is 14.5 Å². The van der Waals surface area contributed by atoms with Crippen LogP contribution in [0, 0.1) is 0 Å². The van der Waals surface area contributed by atoms with Crippen molar-refractivity contribution in [1.82, 2.24) is 9.88 Å². The number of likely N-dealkylation sites (tertiary alicyclic amines) is 1. The number of amides is 1. The zero-order valence-corrected chi connectivity index (χ0v) is 15.7. The SMILES string of the molecule is COc1cc2nc3c(c(NC4CCCN(C(=O)O)C4)c2cc1OC)CCC3. The van der Waals surface area contributed by atoms with Gasteiger partial charge in [-0.15, -0.1) is 0 Å². The first kappa shape index (κ1) is 17.7. The van der Waals surface area contributed by atoms with Crippen LogP contribution in [0.25, 0.3) is 10.9 Å². The molecule has 1 aromatic heterocycles. The second kappa shape index (κ2) is 7.13. The first-order valence-electron chi connectivity index (χ1n) is 9.42. The number of carbonyl (C=O) groups is 1. The lowest BCUT2D eigenvalue weighted by molar-refractivity contribution is 0.133. The average molecular weight is 371 g/mol. The largest absolute Gasteiger partial charge is 0.493 e. The smallest absolute Gasteiger partial charge is 0.407 e. The number of anilines is 1. The van der Waals surface area contributed by atoms with Crippen molar-refractivity contribution in [3.8, 4) is 11.5 Å². The number of hydrogen-bond donors (Lipinski definition) is 2. The first-order valence-corrected chi connectivity index (χ1v) is 9.42. The summed E-state index contributed by atoms with van der Waals surface area (Å²) in [6.07, 6.45) is 4.03. The Balaban J connectivity index is 1.77. The summed E-state index contributed by atoms with van der Waals surface area (Å²) in [7, 11) is 3.25. The highest BCUT2D eigenvalue weighted by Gasteiger charge is 2.27. The molecule has 1 aliphatic heterocycles. The number of carboxylic acid groups (broad SMARTS) is 1. The standard InChI is InChI=1S/C20H25N3O4/c1-26-17-9-14-16(10-18(17)27-2)22-15-7-3-6-13(15)19(14)21-12-5-4-8-23(11-12)20(24)25/h9-10,12H,3-8,11H2,1-2H3,(H,21,22)(H,24,25). The Morgan fingerprint density at radius 2 is 2.00 bits per heavy atom. The summed E-state index contributed by atoms with van der Waals surface area (Å²) in [5.41, 5.74) is 4.33. The number of ether oxygens (including phenoxy) is 2. The summed E-state index contributed by atoms with van der Waals surface area (Å²) in [6, 6.07) is 3.99. The van der Waals surface area contributed by atoms with Crippen LogP contribution in [0.2, 0.25) is 0 Å². The third-order valence-corrected chi connectivity index (χ3v) is 5.56. The quantitative estimate of drug-likeness (QED) is 0.858. The van der Waals surface area contributed by atoms with Gasteiger partial charge in [0.15, 0.2) is 11.5 Å². The Labute approximate surface area is 158 Å². The highest BCUT2D eigenvalue weighted by Crippen LogP contribution is 2.40. The molecule has 144 valence electrons. The molecule has 1 aliphatic carbocycles. The maximum atomic E-state index is 11.4. The van der Waals surface area contributed by atoms with Crippen molar-refractivity contribution in [2.24, 2.45) is 0 Å². The second-order valence-electron chi connectivity index (χ2n) is 7.20. The number of aromatic nitrogens is 1. The molecule has 1 atom stereocenters. The number of rotatable bonds is 4. The number of fused-ring (bicyclic) bond motifs is 2. The van der Waals surface area contributed by atoms with Gasteiger partial charge in [-0.2, -0.15) is 0 Å². The van der Waals surface area contributed by atoms with Crippen molar-refractivity contribution in [3.05, 3.63) is 23.4 Å². The van der Waals surface area contributed by atoms with Gasteiger partial charge in [0, 0.05) is 42.0 Å². The predicted octanol–water partition coefficient (Wildman–Crippen LogP) is 3.30. The molecule has 0 bridgehead atoms. The minimum Gasteiger partial charge on any atom is -0.493 e. The van der Waals surface area contributed by atoms with Crippen LogP contribution >= 0.6 is 0 Å². The normalized spacial score (nSPS) is 19.0. The second-order valence-corrected chi connectivity index (χ2v) is 7.20. The van der Waals surface area contributed by atoms with Gasteiger partial charge < -0.3 is 24.8 Å². The summed E-state index contributed by atoms with van der Waals surface area (Å²) in [4.78, 5) is 17.7. The highest BCUT2D eigenvalue weighted by molar-refractivity contribution is 5.96. The lowest BCUT2D eigenvalue weighted by Crippen LogP contribution is -2.44. The van der Waals surface area contributed by atoms with Crippen LogP contribution in [0.3, 0.4) is 0 Å². The lowest BCUT2D eigenvalue weighted by Gasteiger charge is -2.32. The molecule has 27 heavy (non-hydrogen) atoms. The topological polar surface area (TPSA) is 83.9 Å². The molecule has 1 amide bonds. The van der Waals surface area contributed by atoms with Crippen LogP contribution in [0.15, 0.2) is 12.1 Å². The van der Waals surface area contributed by atoms with Crippen molar-refractivity contribution in [1.29, 1.82) is 0 Å². The third kappa shape index (κ3) is 3.22. The van der Waals surface area contributed by atoms with E-state index in [2.05, 4.69) is 5.32 Å². The number of aryl methyl sites for hydroxylation is 1. The molecule has 0 spiro atoms. The molecule has 0 saturated carbocycles.